The van der Waals surface area contributed by atoms with Crippen LogP contribution in [0.3, 0.4) is 0 Å². The largest absolute Gasteiger partial charge is 0.480 e. The third-order valence-corrected chi connectivity index (χ3v) is 3.11. The topological polar surface area (TPSA) is 78.4 Å². The van der Waals surface area contributed by atoms with E-state index in [0.717, 1.165) is 11.5 Å². The molecule has 0 fully saturated rings. The highest BCUT2D eigenvalue weighted by Gasteiger charge is 2.18. The van der Waals surface area contributed by atoms with Crippen LogP contribution in [0.4, 0.5) is 4.79 Å². The molecule has 0 radical (unpaired) electrons. The molecule has 0 bridgehead atoms. The normalized spacial score (nSPS) is 13.9. The van der Waals surface area contributed by atoms with Gasteiger partial charge in [0.25, 0.3) is 0 Å². The predicted octanol–water partition coefficient (Wildman–Crippen LogP) is 1.29. The second-order valence-corrected chi connectivity index (χ2v) is 4.80. The molecule has 0 aromatic heterocycles. The van der Waals surface area contributed by atoms with Gasteiger partial charge < -0.3 is 15.7 Å². The van der Waals surface area contributed by atoms with Crippen molar-refractivity contribution in [2.24, 2.45) is 0 Å². The van der Waals surface area contributed by atoms with E-state index in [-0.39, 0.29) is 6.04 Å². The molecule has 16 heavy (non-hydrogen) atoms. The summed E-state index contributed by atoms with van der Waals surface area (Å²) in [6, 6.07) is -1.19. The van der Waals surface area contributed by atoms with E-state index in [0.29, 0.717) is 6.42 Å². The van der Waals surface area contributed by atoms with Crippen LogP contribution in [-0.4, -0.2) is 40.7 Å². The van der Waals surface area contributed by atoms with Gasteiger partial charge in [-0.05, 0) is 19.1 Å². The fourth-order valence-corrected chi connectivity index (χ4v) is 1.77. The van der Waals surface area contributed by atoms with Crippen LogP contribution in [0.25, 0.3) is 0 Å². The maximum absolute atomic E-state index is 11.4. The minimum Gasteiger partial charge on any atom is -0.480 e. The van der Waals surface area contributed by atoms with E-state index in [1.807, 2.05) is 6.92 Å². The Morgan fingerprint density at radius 1 is 1.31 bits per heavy atom. The Bertz CT molecular complexity index is 236. The highest BCUT2D eigenvalue weighted by atomic mass is 32.2. The number of carbonyl (C=O) groups excluding carboxylic acids is 1. The lowest BCUT2D eigenvalue weighted by molar-refractivity contribution is -0.139. The van der Waals surface area contributed by atoms with Crippen LogP contribution < -0.4 is 10.6 Å². The van der Waals surface area contributed by atoms with E-state index in [4.69, 9.17) is 5.11 Å². The average molecular weight is 248 g/mol. The van der Waals surface area contributed by atoms with Crippen molar-refractivity contribution in [3.8, 4) is 0 Å². The first-order valence-corrected chi connectivity index (χ1v) is 6.54. The number of hydrogen-bond acceptors (Lipinski definition) is 3. The molecular weight excluding hydrogens is 228 g/mol. The van der Waals surface area contributed by atoms with E-state index in [9.17, 15) is 9.59 Å². The van der Waals surface area contributed by atoms with Gasteiger partial charge in [0.1, 0.15) is 6.04 Å². The lowest BCUT2D eigenvalue weighted by atomic mass is 10.2. The van der Waals surface area contributed by atoms with Gasteiger partial charge in [-0.3, -0.25) is 0 Å². The maximum Gasteiger partial charge on any atom is 0.326 e. The van der Waals surface area contributed by atoms with E-state index in [1.165, 1.54) is 0 Å². The number of thioether (sulfide) groups is 1. The molecule has 2 atom stereocenters. The molecular formula is C10H20N2O3S. The monoisotopic (exact) mass is 248 g/mol. The van der Waals surface area contributed by atoms with Crippen LogP contribution in [0.15, 0.2) is 0 Å². The first kappa shape index (κ1) is 15.1. The zero-order chi connectivity index (χ0) is 12.6. The number of nitrogens with one attached hydrogen (secondary N) is 2. The summed E-state index contributed by atoms with van der Waals surface area (Å²) in [7, 11) is 0. The van der Waals surface area contributed by atoms with Crippen molar-refractivity contribution >= 4 is 23.8 Å². The van der Waals surface area contributed by atoms with Gasteiger partial charge in [-0.15, -0.1) is 0 Å². The van der Waals surface area contributed by atoms with Crippen molar-refractivity contribution < 1.29 is 14.7 Å². The summed E-state index contributed by atoms with van der Waals surface area (Å²) in [4.78, 5) is 22.1. The van der Waals surface area contributed by atoms with Crippen molar-refractivity contribution in [3.05, 3.63) is 0 Å². The minimum absolute atomic E-state index is 0.0382. The minimum atomic E-state index is -1.01. The molecule has 0 heterocycles. The Morgan fingerprint density at radius 3 is 2.38 bits per heavy atom. The standard InChI is InChI=1S/C10H20N2O3S/c1-4-8(9(13)14)12-10(15)11-7(3)6-16-5-2/h7-8H,4-6H2,1-3H3,(H,13,14)(H2,11,12,15). The molecule has 2 amide bonds. The SMILES string of the molecule is CCSCC(C)NC(=O)NC(CC)C(=O)O. The number of carboxylic acid groups (broad SMARTS) is 1. The zero-order valence-corrected chi connectivity index (χ0v) is 10.8. The molecule has 0 aliphatic heterocycles. The van der Waals surface area contributed by atoms with E-state index in [1.54, 1.807) is 18.7 Å². The van der Waals surface area contributed by atoms with Crippen molar-refractivity contribution in [2.75, 3.05) is 11.5 Å². The molecule has 2 unspecified atom stereocenters. The number of rotatable bonds is 7. The second-order valence-electron chi connectivity index (χ2n) is 3.48. The molecule has 0 aromatic rings. The Labute approximate surface area is 100 Å². The van der Waals surface area contributed by atoms with Gasteiger partial charge in [0.05, 0.1) is 0 Å². The van der Waals surface area contributed by atoms with Crippen LogP contribution in [0.1, 0.15) is 27.2 Å². The van der Waals surface area contributed by atoms with Crippen molar-refractivity contribution in [2.45, 2.75) is 39.3 Å². The van der Waals surface area contributed by atoms with Crippen LogP contribution in [0.2, 0.25) is 0 Å². The summed E-state index contributed by atoms with van der Waals surface area (Å²) in [6.07, 6.45) is 0.376. The molecule has 94 valence electrons. The van der Waals surface area contributed by atoms with Gasteiger partial charge >= 0.3 is 12.0 Å². The number of carboxylic acids is 1. The van der Waals surface area contributed by atoms with Crippen molar-refractivity contribution in [3.63, 3.8) is 0 Å². The van der Waals surface area contributed by atoms with Crippen LogP contribution in [0.5, 0.6) is 0 Å². The first-order chi connectivity index (χ1) is 7.51. The summed E-state index contributed by atoms with van der Waals surface area (Å²) in [6.45, 7) is 5.66. The van der Waals surface area contributed by atoms with E-state index >= 15 is 0 Å². The first-order valence-electron chi connectivity index (χ1n) is 5.38. The Kier molecular flexibility index (Phi) is 7.80. The number of hydrogen-bond donors (Lipinski definition) is 3. The molecule has 5 nitrogen and oxygen atoms in total. The third kappa shape index (κ3) is 6.55. The quantitative estimate of drug-likeness (QED) is 0.634. The summed E-state index contributed by atoms with van der Waals surface area (Å²) in [5.41, 5.74) is 0. The van der Waals surface area contributed by atoms with Gasteiger partial charge in [-0.2, -0.15) is 11.8 Å². The molecule has 0 saturated heterocycles. The van der Waals surface area contributed by atoms with Crippen LogP contribution in [0, 0.1) is 0 Å². The smallest absolute Gasteiger partial charge is 0.326 e. The molecule has 6 heteroatoms. The van der Waals surface area contributed by atoms with E-state index in [2.05, 4.69) is 17.6 Å². The summed E-state index contributed by atoms with van der Waals surface area (Å²) in [5, 5.41) is 13.9. The summed E-state index contributed by atoms with van der Waals surface area (Å²) >= 11 is 1.73. The van der Waals surface area contributed by atoms with Crippen molar-refractivity contribution in [1.82, 2.24) is 10.6 Å². The molecule has 0 spiro atoms. The van der Waals surface area contributed by atoms with E-state index < -0.39 is 18.0 Å². The lowest BCUT2D eigenvalue weighted by Crippen LogP contribution is -2.48. The van der Waals surface area contributed by atoms with Crippen molar-refractivity contribution in [1.29, 1.82) is 0 Å². The van der Waals surface area contributed by atoms with Gasteiger partial charge in [-0.1, -0.05) is 13.8 Å². The Hall–Kier alpha value is -0.910. The number of amides is 2. The molecule has 0 saturated carbocycles. The van der Waals surface area contributed by atoms with Gasteiger partial charge in [0, 0.05) is 11.8 Å². The maximum atomic E-state index is 11.4. The predicted molar refractivity (Wildman–Crippen MR) is 65.8 cm³/mol. The Balaban J connectivity index is 3.92. The molecule has 0 aliphatic rings. The molecule has 0 rings (SSSR count). The van der Waals surface area contributed by atoms with Gasteiger partial charge in [-0.25, -0.2) is 9.59 Å². The lowest BCUT2D eigenvalue weighted by Gasteiger charge is -2.17. The number of carbonyl (C=O) groups is 2. The fourth-order valence-electron chi connectivity index (χ4n) is 1.10. The summed E-state index contributed by atoms with van der Waals surface area (Å²) < 4.78 is 0. The molecule has 3 N–H and O–H groups in total. The Morgan fingerprint density at radius 2 is 1.94 bits per heavy atom. The fraction of sp³-hybridized carbons (Fsp3) is 0.800. The van der Waals surface area contributed by atoms with Crippen LogP contribution in [-0.2, 0) is 4.79 Å². The highest BCUT2D eigenvalue weighted by Crippen LogP contribution is 2.01. The third-order valence-electron chi connectivity index (χ3n) is 1.96. The average Bonchev–Trinajstić information content (AvgIpc) is 2.22. The van der Waals surface area contributed by atoms with Gasteiger partial charge in [0.15, 0.2) is 0 Å². The number of urea groups is 1. The van der Waals surface area contributed by atoms with Gasteiger partial charge in [0.2, 0.25) is 0 Å². The second kappa shape index (κ2) is 8.27. The summed E-state index contributed by atoms with van der Waals surface area (Å²) in [5.74, 6) is 0.821. The van der Waals surface area contributed by atoms with Crippen LogP contribution >= 0.6 is 11.8 Å². The molecule has 0 aromatic carbocycles. The zero-order valence-electron chi connectivity index (χ0n) is 9.95. The molecule has 0 aliphatic carbocycles. The highest BCUT2D eigenvalue weighted by molar-refractivity contribution is 7.99. The number of aliphatic carboxylic acids is 1.